The van der Waals surface area contributed by atoms with E-state index in [-0.39, 0.29) is 22.3 Å². The molecular formula is C17H18N4O4S. The molecule has 0 spiro atoms. The van der Waals surface area contributed by atoms with Gasteiger partial charge in [-0.25, -0.2) is 8.42 Å². The number of nitrogens with one attached hydrogen (secondary N) is 2. The topological polar surface area (TPSA) is 108 Å². The Morgan fingerprint density at radius 1 is 1.23 bits per heavy atom. The Morgan fingerprint density at radius 3 is 2.58 bits per heavy atom. The molecule has 2 N–H and O–H groups in total. The molecule has 136 valence electrons. The summed E-state index contributed by atoms with van der Waals surface area (Å²) in [5.41, 5.74) is 1.07. The fraction of sp³-hybridized carbons (Fsp3) is 0.176. The first-order valence-corrected chi connectivity index (χ1v) is 9.21. The maximum absolute atomic E-state index is 12.7. The molecule has 0 bridgehead atoms. The Hall–Kier alpha value is -3.07. The number of nitrogens with zero attached hydrogens (tertiary/aromatic N) is 2. The summed E-state index contributed by atoms with van der Waals surface area (Å²) in [6, 6.07) is 9.93. The highest BCUT2D eigenvalue weighted by molar-refractivity contribution is 7.92. The van der Waals surface area contributed by atoms with E-state index in [0.29, 0.717) is 16.9 Å². The molecular weight excluding hydrogens is 356 g/mol. The lowest BCUT2D eigenvalue weighted by Crippen LogP contribution is -2.21. The molecule has 0 aliphatic rings. The number of anilines is 1. The Kier molecular flexibility index (Phi) is 4.56. The summed E-state index contributed by atoms with van der Waals surface area (Å²) in [6.45, 7) is 1.55. The number of benzene rings is 1. The van der Waals surface area contributed by atoms with E-state index < -0.39 is 10.0 Å². The Morgan fingerprint density at radius 2 is 1.92 bits per heavy atom. The molecule has 0 saturated heterocycles. The van der Waals surface area contributed by atoms with E-state index in [1.54, 1.807) is 51.4 Å². The molecule has 0 aliphatic carbocycles. The van der Waals surface area contributed by atoms with Crippen LogP contribution in [-0.4, -0.2) is 43.5 Å². The van der Waals surface area contributed by atoms with Gasteiger partial charge >= 0.3 is 0 Å². The Balaban J connectivity index is 1.98. The van der Waals surface area contributed by atoms with Crippen LogP contribution < -0.4 is 4.72 Å². The second kappa shape index (κ2) is 6.68. The van der Waals surface area contributed by atoms with Gasteiger partial charge in [-0.15, -0.1) is 0 Å². The fourth-order valence-electron chi connectivity index (χ4n) is 2.45. The number of hydrogen-bond donors (Lipinski definition) is 2. The molecule has 26 heavy (non-hydrogen) atoms. The van der Waals surface area contributed by atoms with E-state index in [0.717, 1.165) is 0 Å². The van der Waals surface area contributed by atoms with Crippen molar-refractivity contribution in [1.29, 1.82) is 0 Å². The summed E-state index contributed by atoms with van der Waals surface area (Å²) in [4.78, 5) is 13.6. The van der Waals surface area contributed by atoms with Crippen LogP contribution in [0.25, 0.3) is 11.5 Å². The van der Waals surface area contributed by atoms with Gasteiger partial charge < -0.3 is 9.32 Å². The van der Waals surface area contributed by atoms with E-state index in [1.807, 2.05) is 0 Å². The van der Waals surface area contributed by atoms with Crippen molar-refractivity contribution in [3.8, 4) is 11.5 Å². The number of aryl methyl sites for hydroxylation is 1. The largest absolute Gasteiger partial charge is 0.458 e. The van der Waals surface area contributed by atoms with Gasteiger partial charge in [-0.3, -0.25) is 14.6 Å². The third-order valence-corrected chi connectivity index (χ3v) is 5.20. The molecule has 9 heteroatoms. The van der Waals surface area contributed by atoms with E-state index >= 15 is 0 Å². The van der Waals surface area contributed by atoms with Crippen LogP contribution in [0.3, 0.4) is 0 Å². The number of H-pyrrole nitrogens is 1. The van der Waals surface area contributed by atoms with Crippen molar-refractivity contribution in [3.05, 3.63) is 53.9 Å². The smallest absolute Gasteiger partial charge is 0.265 e. The summed E-state index contributed by atoms with van der Waals surface area (Å²) in [7, 11) is -0.603. The number of carbonyl (C=O) groups is 1. The van der Waals surface area contributed by atoms with Gasteiger partial charge in [0.05, 0.1) is 11.8 Å². The molecule has 0 radical (unpaired) electrons. The van der Waals surface area contributed by atoms with E-state index in [4.69, 9.17) is 4.42 Å². The standard InChI is InChI=1S/C17H18N4O4S/c1-11-15(26(23,24)20-12-7-5-4-6-8-12)9-14(25-11)16-13(10-18-19-16)17(22)21(2)3/h4-10,20H,1-3H3,(H,18,19). The van der Waals surface area contributed by atoms with Crippen molar-refractivity contribution in [2.75, 3.05) is 18.8 Å². The van der Waals surface area contributed by atoms with Gasteiger partial charge in [0.2, 0.25) is 0 Å². The summed E-state index contributed by atoms with van der Waals surface area (Å²) < 4.78 is 33.4. The van der Waals surface area contributed by atoms with Gasteiger partial charge in [0.25, 0.3) is 15.9 Å². The van der Waals surface area contributed by atoms with Gasteiger partial charge in [-0.2, -0.15) is 5.10 Å². The van der Waals surface area contributed by atoms with Gasteiger partial charge in [0, 0.05) is 25.8 Å². The van der Waals surface area contributed by atoms with Crippen LogP contribution in [-0.2, 0) is 10.0 Å². The molecule has 0 unspecified atom stereocenters. The predicted molar refractivity (Wildman–Crippen MR) is 96.3 cm³/mol. The molecule has 3 rings (SSSR count). The molecule has 0 saturated carbocycles. The van der Waals surface area contributed by atoms with Crippen LogP contribution in [0.2, 0.25) is 0 Å². The molecule has 0 atom stereocenters. The number of para-hydroxylation sites is 1. The molecule has 2 aromatic heterocycles. The van der Waals surface area contributed by atoms with Gasteiger partial charge in [0.1, 0.15) is 16.3 Å². The number of rotatable bonds is 5. The molecule has 2 heterocycles. The maximum Gasteiger partial charge on any atom is 0.265 e. The van der Waals surface area contributed by atoms with Crippen LogP contribution in [0.15, 0.2) is 51.9 Å². The van der Waals surface area contributed by atoms with Crippen molar-refractivity contribution in [2.45, 2.75) is 11.8 Å². The quantitative estimate of drug-likeness (QED) is 0.713. The third-order valence-electron chi connectivity index (χ3n) is 3.71. The zero-order valence-electron chi connectivity index (χ0n) is 14.5. The second-order valence-electron chi connectivity index (χ2n) is 5.86. The summed E-state index contributed by atoms with van der Waals surface area (Å²) in [5.74, 6) is 0.162. The molecule has 3 aromatic rings. The first-order chi connectivity index (χ1) is 12.3. The van der Waals surface area contributed by atoms with Crippen molar-refractivity contribution in [3.63, 3.8) is 0 Å². The second-order valence-corrected chi connectivity index (χ2v) is 7.51. The molecule has 8 nitrogen and oxygen atoms in total. The minimum absolute atomic E-state index is 0.00537. The van der Waals surface area contributed by atoms with Crippen LogP contribution in [0.1, 0.15) is 16.1 Å². The van der Waals surface area contributed by atoms with Gasteiger partial charge in [-0.05, 0) is 19.1 Å². The Bertz CT molecular complexity index is 1040. The highest BCUT2D eigenvalue weighted by Crippen LogP contribution is 2.30. The maximum atomic E-state index is 12.7. The lowest BCUT2D eigenvalue weighted by atomic mass is 10.2. The molecule has 0 fully saturated rings. The van der Waals surface area contributed by atoms with E-state index in [1.165, 1.54) is 17.2 Å². The van der Waals surface area contributed by atoms with Crippen molar-refractivity contribution in [1.82, 2.24) is 15.1 Å². The monoisotopic (exact) mass is 374 g/mol. The number of carbonyl (C=O) groups excluding carboxylic acids is 1. The number of sulfonamides is 1. The highest BCUT2D eigenvalue weighted by atomic mass is 32.2. The molecule has 1 aromatic carbocycles. The minimum atomic E-state index is -3.84. The third kappa shape index (κ3) is 3.33. The predicted octanol–water partition coefficient (Wildman–Crippen LogP) is 2.48. The average Bonchev–Trinajstić information content (AvgIpc) is 3.21. The van der Waals surface area contributed by atoms with Crippen molar-refractivity contribution in [2.24, 2.45) is 0 Å². The zero-order valence-corrected chi connectivity index (χ0v) is 15.3. The molecule has 0 aliphatic heterocycles. The van der Waals surface area contributed by atoms with Crippen LogP contribution in [0, 0.1) is 6.92 Å². The lowest BCUT2D eigenvalue weighted by molar-refractivity contribution is 0.0828. The number of hydrogen-bond acceptors (Lipinski definition) is 5. The Labute approximate surface area is 150 Å². The highest BCUT2D eigenvalue weighted by Gasteiger charge is 2.25. The average molecular weight is 374 g/mol. The fourth-order valence-corrected chi connectivity index (χ4v) is 3.69. The first kappa shape index (κ1) is 17.7. The van der Waals surface area contributed by atoms with E-state index in [9.17, 15) is 13.2 Å². The summed E-state index contributed by atoms with van der Waals surface area (Å²) in [5, 5.41) is 6.57. The van der Waals surface area contributed by atoms with Crippen molar-refractivity contribution >= 4 is 21.6 Å². The van der Waals surface area contributed by atoms with Crippen LogP contribution in [0.4, 0.5) is 5.69 Å². The minimum Gasteiger partial charge on any atom is -0.458 e. The number of amides is 1. The number of aromatic nitrogens is 2. The van der Waals surface area contributed by atoms with Crippen LogP contribution >= 0.6 is 0 Å². The van der Waals surface area contributed by atoms with Crippen LogP contribution in [0.5, 0.6) is 0 Å². The number of aromatic amines is 1. The SMILES string of the molecule is Cc1oc(-c2[nH]ncc2C(=O)N(C)C)cc1S(=O)(=O)Nc1ccccc1. The van der Waals surface area contributed by atoms with Gasteiger partial charge in [0.15, 0.2) is 5.76 Å². The summed E-state index contributed by atoms with van der Waals surface area (Å²) >= 11 is 0. The zero-order chi connectivity index (χ0) is 18.9. The lowest BCUT2D eigenvalue weighted by Gasteiger charge is -2.08. The van der Waals surface area contributed by atoms with E-state index in [2.05, 4.69) is 14.9 Å². The normalized spacial score (nSPS) is 11.3. The first-order valence-electron chi connectivity index (χ1n) is 7.73. The molecule has 1 amide bonds. The van der Waals surface area contributed by atoms with Gasteiger partial charge in [-0.1, -0.05) is 18.2 Å². The number of furan rings is 1. The summed E-state index contributed by atoms with van der Waals surface area (Å²) in [6.07, 6.45) is 1.38. The van der Waals surface area contributed by atoms with Crippen molar-refractivity contribution < 1.29 is 17.6 Å².